The van der Waals surface area contributed by atoms with Gasteiger partial charge in [-0.2, -0.15) is 4.31 Å². The fraction of sp³-hybridized carbons (Fsp3) is 0.379. The van der Waals surface area contributed by atoms with Crippen molar-refractivity contribution in [3.8, 4) is 5.88 Å². The quantitative estimate of drug-likeness (QED) is 0.325. The summed E-state index contributed by atoms with van der Waals surface area (Å²) in [6.45, 7) is 5.57. The van der Waals surface area contributed by atoms with Crippen molar-refractivity contribution in [2.45, 2.75) is 69.4 Å². The first-order valence-corrected chi connectivity index (χ1v) is 14.9. The molecule has 1 aliphatic carbocycles. The number of pyridine rings is 2. The number of halogens is 2. The molecular formula is C29H29F2N5O5S. The molecular weight excluding hydrogens is 568 g/mol. The molecule has 6 rings (SSSR count). The van der Waals surface area contributed by atoms with Gasteiger partial charge in [-0.1, -0.05) is 18.2 Å². The lowest BCUT2D eigenvalue weighted by molar-refractivity contribution is -0.137. The van der Waals surface area contributed by atoms with Crippen molar-refractivity contribution in [1.82, 2.24) is 23.9 Å². The zero-order chi connectivity index (χ0) is 30.0. The first-order chi connectivity index (χ1) is 19.9. The van der Waals surface area contributed by atoms with E-state index in [9.17, 15) is 27.1 Å². The number of fused-ring (bicyclic) bond motifs is 2. The number of aliphatic carboxylic acids is 1. The summed E-state index contributed by atoms with van der Waals surface area (Å²) in [5.74, 6) is -2.07. The van der Waals surface area contributed by atoms with Gasteiger partial charge >= 0.3 is 5.97 Å². The maximum Gasteiger partial charge on any atom is 0.304 e. The SMILES string of the molecule is Cc1cnc2c(c1)S(=O)(=O)N(Cc1cc([C@H](CC(=O)O)c3ccn4c(C(F)F)nnc4c3C)ccc1C)CC1(CC1)O2. The van der Waals surface area contributed by atoms with Gasteiger partial charge in [0.15, 0.2) is 5.65 Å². The van der Waals surface area contributed by atoms with E-state index in [2.05, 4.69) is 15.2 Å². The molecule has 4 heterocycles. The highest BCUT2D eigenvalue weighted by molar-refractivity contribution is 7.89. The van der Waals surface area contributed by atoms with Crippen LogP contribution in [0.15, 0.2) is 47.6 Å². The minimum Gasteiger partial charge on any atom is -0.481 e. The zero-order valence-corrected chi connectivity index (χ0v) is 24.0. The van der Waals surface area contributed by atoms with Gasteiger partial charge in [0.25, 0.3) is 6.43 Å². The van der Waals surface area contributed by atoms with Crippen molar-refractivity contribution in [3.05, 3.63) is 81.9 Å². The Hall–Kier alpha value is -3.97. The molecule has 4 aromatic rings. The van der Waals surface area contributed by atoms with E-state index in [-0.39, 0.29) is 35.9 Å². The molecule has 42 heavy (non-hydrogen) atoms. The number of carboxylic acids is 1. The minimum atomic E-state index is -3.96. The molecule has 2 aliphatic rings. The molecule has 0 amide bonds. The number of rotatable bonds is 7. The predicted octanol–water partition coefficient (Wildman–Crippen LogP) is 4.71. The molecule has 0 unspecified atom stereocenters. The Balaban J connectivity index is 1.40. The molecule has 3 aromatic heterocycles. The van der Waals surface area contributed by atoms with Gasteiger partial charge < -0.3 is 9.84 Å². The monoisotopic (exact) mass is 597 g/mol. The average molecular weight is 598 g/mol. The summed E-state index contributed by atoms with van der Waals surface area (Å²) in [5, 5.41) is 17.4. The van der Waals surface area contributed by atoms with Crippen LogP contribution < -0.4 is 4.74 Å². The van der Waals surface area contributed by atoms with E-state index < -0.39 is 39.8 Å². The Morgan fingerprint density at radius 3 is 2.60 bits per heavy atom. The number of sulfonamides is 1. The lowest BCUT2D eigenvalue weighted by atomic mass is 9.85. The van der Waals surface area contributed by atoms with E-state index in [1.807, 2.05) is 25.1 Å². The summed E-state index contributed by atoms with van der Waals surface area (Å²) in [7, 11) is -3.96. The van der Waals surface area contributed by atoms with Gasteiger partial charge in [0.2, 0.25) is 21.7 Å². The van der Waals surface area contributed by atoms with Gasteiger partial charge in [0.05, 0.1) is 13.0 Å². The summed E-state index contributed by atoms with van der Waals surface area (Å²) < 4.78 is 63.3. The van der Waals surface area contributed by atoms with Gasteiger partial charge in [0, 0.05) is 24.9 Å². The van der Waals surface area contributed by atoms with E-state index in [0.29, 0.717) is 40.7 Å². The molecule has 1 atom stereocenters. The summed E-state index contributed by atoms with van der Waals surface area (Å²) in [4.78, 5) is 16.3. The van der Waals surface area contributed by atoms with Crippen molar-refractivity contribution in [2.24, 2.45) is 0 Å². The Morgan fingerprint density at radius 1 is 1.14 bits per heavy atom. The van der Waals surface area contributed by atoms with Gasteiger partial charge in [0.1, 0.15) is 10.5 Å². The fourth-order valence-electron chi connectivity index (χ4n) is 5.61. The van der Waals surface area contributed by atoms with E-state index in [1.165, 1.54) is 14.9 Å². The number of hydrogen-bond acceptors (Lipinski definition) is 7. The van der Waals surface area contributed by atoms with Crippen LogP contribution in [0.4, 0.5) is 8.78 Å². The number of aryl methyl sites for hydroxylation is 3. The normalized spacial score (nSPS) is 18.0. The number of nitrogens with zero attached hydrogens (tertiary/aromatic N) is 5. The van der Waals surface area contributed by atoms with Crippen molar-refractivity contribution in [3.63, 3.8) is 0 Å². The molecule has 220 valence electrons. The van der Waals surface area contributed by atoms with E-state index in [4.69, 9.17) is 4.74 Å². The first kappa shape index (κ1) is 28.2. The third-order valence-electron chi connectivity index (χ3n) is 8.12. The van der Waals surface area contributed by atoms with Crippen molar-refractivity contribution < 1.29 is 31.8 Å². The predicted molar refractivity (Wildman–Crippen MR) is 147 cm³/mol. The third-order valence-corrected chi connectivity index (χ3v) is 9.91. The van der Waals surface area contributed by atoms with Crippen LogP contribution in [0.25, 0.3) is 5.65 Å². The number of benzene rings is 1. The second-order valence-corrected chi connectivity index (χ2v) is 13.1. The molecule has 1 fully saturated rings. The molecule has 1 aromatic carbocycles. The molecule has 13 heteroatoms. The standard InChI is InChI=1S/C29H29F2N5O5S/c1-16-10-23-28(32-13-16)41-29(7-8-29)15-35(42(23,39)40)14-20-11-19(5-4-17(20)2)22(12-24(37)38)21-6-9-36-26(18(21)3)33-34-27(36)25(30)31/h4-6,9-11,13,22,25H,7-8,12,14-15H2,1-3H3,(H,37,38)/t22-/m0/s1. The molecule has 0 saturated heterocycles. The number of carboxylic acid groups (broad SMARTS) is 1. The highest BCUT2D eigenvalue weighted by atomic mass is 32.2. The molecule has 1 N–H and O–H groups in total. The van der Waals surface area contributed by atoms with Gasteiger partial charge in [-0.15, -0.1) is 10.2 Å². The van der Waals surface area contributed by atoms with Crippen LogP contribution in [-0.2, 0) is 21.4 Å². The molecule has 10 nitrogen and oxygen atoms in total. The van der Waals surface area contributed by atoms with Crippen molar-refractivity contribution >= 4 is 21.6 Å². The largest absolute Gasteiger partial charge is 0.481 e. The minimum absolute atomic E-state index is 0.0317. The third kappa shape index (κ3) is 4.90. The van der Waals surface area contributed by atoms with Gasteiger partial charge in [-0.3, -0.25) is 9.20 Å². The van der Waals surface area contributed by atoms with Crippen LogP contribution in [0.2, 0.25) is 0 Å². The van der Waals surface area contributed by atoms with E-state index in [1.54, 1.807) is 32.2 Å². The zero-order valence-electron chi connectivity index (χ0n) is 23.2. The number of alkyl halides is 2. The summed E-state index contributed by atoms with van der Waals surface area (Å²) in [6.07, 6.45) is 1.35. The van der Waals surface area contributed by atoms with Crippen LogP contribution >= 0.6 is 0 Å². The van der Waals surface area contributed by atoms with Crippen molar-refractivity contribution in [1.29, 1.82) is 0 Å². The Kier molecular flexibility index (Phi) is 6.76. The lowest BCUT2D eigenvalue weighted by Crippen LogP contribution is -2.38. The Bertz CT molecular complexity index is 1840. The van der Waals surface area contributed by atoms with Crippen molar-refractivity contribution in [2.75, 3.05) is 6.54 Å². The second kappa shape index (κ2) is 10.1. The van der Waals surface area contributed by atoms with Crippen LogP contribution in [0.5, 0.6) is 5.88 Å². The lowest BCUT2D eigenvalue weighted by Gasteiger charge is -2.25. The number of ether oxygens (including phenoxy) is 1. The topological polar surface area (TPSA) is 127 Å². The number of hydrogen-bond donors (Lipinski definition) is 1. The van der Waals surface area contributed by atoms with Gasteiger partial charge in [-0.05, 0) is 79.1 Å². The molecule has 1 aliphatic heterocycles. The Labute approximate surface area is 241 Å². The van der Waals surface area contributed by atoms with Crippen LogP contribution in [0, 0.1) is 20.8 Å². The van der Waals surface area contributed by atoms with Crippen LogP contribution in [0.3, 0.4) is 0 Å². The highest BCUT2D eigenvalue weighted by Crippen LogP contribution is 2.46. The molecule has 0 radical (unpaired) electrons. The highest BCUT2D eigenvalue weighted by Gasteiger charge is 2.52. The van der Waals surface area contributed by atoms with Crippen LogP contribution in [0.1, 0.15) is 70.8 Å². The van der Waals surface area contributed by atoms with Crippen LogP contribution in [-0.4, -0.2) is 55.5 Å². The summed E-state index contributed by atoms with van der Waals surface area (Å²) in [5.41, 5.74) is 3.64. The first-order valence-electron chi connectivity index (χ1n) is 13.5. The second-order valence-electron chi connectivity index (χ2n) is 11.2. The smallest absolute Gasteiger partial charge is 0.304 e. The molecule has 0 bridgehead atoms. The molecule has 1 saturated carbocycles. The van der Waals surface area contributed by atoms with E-state index in [0.717, 1.165) is 5.56 Å². The average Bonchev–Trinajstić information content (AvgIpc) is 3.55. The molecule has 1 spiro atoms. The fourth-order valence-corrected chi connectivity index (χ4v) is 7.25. The number of aromatic nitrogens is 4. The summed E-state index contributed by atoms with van der Waals surface area (Å²) in [6, 6.07) is 8.67. The summed E-state index contributed by atoms with van der Waals surface area (Å²) >= 11 is 0. The number of carbonyl (C=O) groups is 1. The van der Waals surface area contributed by atoms with E-state index >= 15 is 0 Å². The maximum absolute atomic E-state index is 13.9. The maximum atomic E-state index is 13.9. The van der Waals surface area contributed by atoms with Gasteiger partial charge in [-0.25, -0.2) is 22.2 Å². The Morgan fingerprint density at radius 2 is 1.90 bits per heavy atom.